The van der Waals surface area contributed by atoms with Gasteiger partial charge in [-0.1, -0.05) is 32.0 Å². The number of carbonyl (C=O) groups excluding carboxylic acids is 1. The van der Waals surface area contributed by atoms with Crippen molar-refractivity contribution < 1.29 is 4.79 Å². The highest BCUT2D eigenvalue weighted by Gasteiger charge is 2.17. The molecule has 0 spiro atoms. The van der Waals surface area contributed by atoms with Gasteiger partial charge in [-0.2, -0.15) is 0 Å². The van der Waals surface area contributed by atoms with E-state index in [1.165, 1.54) is 5.56 Å². The Morgan fingerprint density at radius 1 is 1.32 bits per heavy atom. The minimum absolute atomic E-state index is 0.153. The number of benzene rings is 1. The predicted molar refractivity (Wildman–Crippen MR) is 79.4 cm³/mol. The van der Waals surface area contributed by atoms with E-state index in [9.17, 15) is 4.79 Å². The van der Waals surface area contributed by atoms with Crippen molar-refractivity contribution in [2.24, 2.45) is 5.92 Å². The summed E-state index contributed by atoms with van der Waals surface area (Å²) in [7, 11) is 0. The number of carbonyl (C=O) groups is 1. The van der Waals surface area contributed by atoms with Crippen LogP contribution in [-0.2, 0) is 4.79 Å². The second kappa shape index (κ2) is 6.71. The van der Waals surface area contributed by atoms with Gasteiger partial charge in [-0.25, -0.2) is 0 Å². The van der Waals surface area contributed by atoms with Crippen molar-refractivity contribution in [2.45, 2.75) is 39.0 Å². The molecule has 0 radical (unpaired) electrons. The van der Waals surface area contributed by atoms with Gasteiger partial charge in [0.15, 0.2) is 0 Å². The zero-order chi connectivity index (χ0) is 13.7. The lowest BCUT2D eigenvalue weighted by Gasteiger charge is -2.22. The topological polar surface area (TPSA) is 41.1 Å². The minimum Gasteiger partial charge on any atom is -0.326 e. The van der Waals surface area contributed by atoms with Gasteiger partial charge < -0.3 is 10.6 Å². The second-order valence-electron chi connectivity index (χ2n) is 5.69. The lowest BCUT2D eigenvalue weighted by molar-refractivity contribution is -0.117. The Labute approximate surface area is 115 Å². The largest absolute Gasteiger partial charge is 0.326 e. The molecule has 104 valence electrons. The first-order valence-corrected chi connectivity index (χ1v) is 7.26. The standard InChI is InChI=1S/C16H24N2O/c1-12(2)14-5-3-4-6-15(14)18-16(19)11-13-7-9-17-10-8-13/h3-6,12-13,17H,7-11H2,1-2H3,(H,18,19). The van der Waals surface area contributed by atoms with Crippen LogP contribution in [0, 0.1) is 5.92 Å². The van der Waals surface area contributed by atoms with Crippen molar-refractivity contribution in [1.82, 2.24) is 5.32 Å². The zero-order valence-corrected chi connectivity index (χ0v) is 11.9. The van der Waals surface area contributed by atoms with E-state index in [4.69, 9.17) is 0 Å². The summed E-state index contributed by atoms with van der Waals surface area (Å²) < 4.78 is 0. The van der Waals surface area contributed by atoms with Gasteiger partial charge in [-0.3, -0.25) is 4.79 Å². The first-order chi connectivity index (χ1) is 9.16. The molecule has 19 heavy (non-hydrogen) atoms. The van der Waals surface area contributed by atoms with Crippen molar-refractivity contribution >= 4 is 11.6 Å². The maximum absolute atomic E-state index is 12.1. The smallest absolute Gasteiger partial charge is 0.224 e. The fraction of sp³-hybridized carbons (Fsp3) is 0.562. The molecule has 3 heteroatoms. The summed E-state index contributed by atoms with van der Waals surface area (Å²) in [6.45, 7) is 6.39. The molecule has 2 rings (SSSR count). The van der Waals surface area contributed by atoms with Crippen LogP contribution in [0.4, 0.5) is 5.69 Å². The van der Waals surface area contributed by atoms with E-state index in [0.717, 1.165) is 31.6 Å². The van der Waals surface area contributed by atoms with Crippen LogP contribution in [0.2, 0.25) is 0 Å². The van der Waals surface area contributed by atoms with E-state index in [1.807, 2.05) is 18.2 Å². The van der Waals surface area contributed by atoms with Crippen LogP contribution in [0.3, 0.4) is 0 Å². The Balaban J connectivity index is 1.94. The van der Waals surface area contributed by atoms with Crippen LogP contribution < -0.4 is 10.6 Å². The van der Waals surface area contributed by atoms with Gasteiger partial charge in [-0.15, -0.1) is 0 Å². The fourth-order valence-corrected chi connectivity index (χ4v) is 2.66. The third kappa shape index (κ3) is 4.06. The first-order valence-electron chi connectivity index (χ1n) is 7.26. The van der Waals surface area contributed by atoms with E-state index in [2.05, 4.69) is 30.5 Å². The summed E-state index contributed by atoms with van der Waals surface area (Å²) in [5, 5.41) is 6.41. The number of rotatable bonds is 4. The summed E-state index contributed by atoms with van der Waals surface area (Å²) >= 11 is 0. The molecule has 1 aromatic rings. The molecule has 3 nitrogen and oxygen atoms in total. The lowest BCUT2D eigenvalue weighted by Crippen LogP contribution is -2.30. The van der Waals surface area contributed by atoms with E-state index < -0.39 is 0 Å². The number of hydrogen-bond acceptors (Lipinski definition) is 2. The molecule has 1 aromatic carbocycles. The molecule has 0 aromatic heterocycles. The van der Waals surface area contributed by atoms with E-state index >= 15 is 0 Å². The molecule has 1 amide bonds. The number of hydrogen-bond donors (Lipinski definition) is 2. The normalized spacial score (nSPS) is 16.6. The Bertz CT molecular complexity index is 423. The van der Waals surface area contributed by atoms with Gasteiger partial charge in [0.2, 0.25) is 5.91 Å². The highest BCUT2D eigenvalue weighted by atomic mass is 16.1. The zero-order valence-electron chi connectivity index (χ0n) is 11.9. The molecule has 0 unspecified atom stereocenters. The fourth-order valence-electron chi connectivity index (χ4n) is 2.66. The Morgan fingerprint density at radius 2 is 2.00 bits per heavy atom. The third-order valence-electron chi connectivity index (χ3n) is 3.79. The monoisotopic (exact) mass is 260 g/mol. The summed E-state index contributed by atoms with van der Waals surface area (Å²) in [4.78, 5) is 12.1. The van der Waals surface area contributed by atoms with Crippen molar-refractivity contribution in [3.8, 4) is 0 Å². The summed E-state index contributed by atoms with van der Waals surface area (Å²) in [5.74, 6) is 1.11. The molecule has 1 aliphatic rings. The molecule has 1 fully saturated rings. The Morgan fingerprint density at radius 3 is 2.68 bits per heavy atom. The molecule has 2 N–H and O–H groups in total. The summed E-state index contributed by atoms with van der Waals surface area (Å²) in [5.41, 5.74) is 2.18. The molecular formula is C16H24N2O. The highest BCUT2D eigenvalue weighted by molar-refractivity contribution is 5.91. The number of nitrogens with one attached hydrogen (secondary N) is 2. The second-order valence-corrected chi connectivity index (χ2v) is 5.69. The molecular weight excluding hydrogens is 236 g/mol. The average molecular weight is 260 g/mol. The SMILES string of the molecule is CC(C)c1ccccc1NC(=O)CC1CCNCC1. The van der Waals surface area contributed by atoms with Gasteiger partial charge in [0, 0.05) is 12.1 Å². The molecule has 0 bridgehead atoms. The van der Waals surface area contributed by atoms with Crippen LogP contribution in [-0.4, -0.2) is 19.0 Å². The third-order valence-corrected chi connectivity index (χ3v) is 3.79. The molecule has 1 saturated heterocycles. The van der Waals surface area contributed by atoms with Gasteiger partial charge in [0.05, 0.1) is 0 Å². The molecule has 0 saturated carbocycles. The Hall–Kier alpha value is -1.35. The van der Waals surface area contributed by atoms with E-state index in [1.54, 1.807) is 0 Å². The van der Waals surface area contributed by atoms with Crippen LogP contribution in [0.15, 0.2) is 24.3 Å². The van der Waals surface area contributed by atoms with E-state index in [0.29, 0.717) is 18.3 Å². The number of para-hydroxylation sites is 1. The molecule has 0 atom stereocenters. The summed E-state index contributed by atoms with van der Waals surface area (Å²) in [6.07, 6.45) is 2.87. The van der Waals surface area contributed by atoms with Gasteiger partial charge in [0.25, 0.3) is 0 Å². The van der Waals surface area contributed by atoms with Gasteiger partial charge in [0.1, 0.15) is 0 Å². The maximum Gasteiger partial charge on any atom is 0.224 e. The van der Waals surface area contributed by atoms with Gasteiger partial charge >= 0.3 is 0 Å². The van der Waals surface area contributed by atoms with Crippen molar-refractivity contribution in [2.75, 3.05) is 18.4 Å². The first kappa shape index (κ1) is 14.1. The molecule has 1 heterocycles. The number of amides is 1. The van der Waals surface area contributed by atoms with Crippen LogP contribution in [0.1, 0.15) is 44.6 Å². The predicted octanol–water partition coefficient (Wildman–Crippen LogP) is 3.14. The van der Waals surface area contributed by atoms with Crippen LogP contribution in [0.25, 0.3) is 0 Å². The van der Waals surface area contributed by atoms with Gasteiger partial charge in [-0.05, 0) is 49.4 Å². The van der Waals surface area contributed by atoms with E-state index in [-0.39, 0.29) is 5.91 Å². The minimum atomic E-state index is 0.153. The molecule has 1 aliphatic heterocycles. The summed E-state index contributed by atoms with van der Waals surface area (Å²) in [6, 6.07) is 8.09. The number of piperidine rings is 1. The van der Waals surface area contributed by atoms with Crippen molar-refractivity contribution in [3.05, 3.63) is 29.8 Å². The van der Waals surface area contributed by atoms with Crippen molar-refractivity contribution in [1.29, 1.82) is 0 Å². The molecule has 0 aliphatic carbocycles. The van der Waals surface area contributed by atoms with Crippen LogP contribution in [0.5, 0.6) is 0 Å². The maximum atomic E-state index is 12.1. The average Bonchev–Trinajstić information content (AvgIpc) is 2.40. The highest BCUT2D eigenvalue weighted by Crippen LogP contribution is 2.24. The van der Waals surface area contributed by atoms with Crippen molar-refractivity contribution in [3.63, 3.8) is 0 Å². The van der Waals surface area contributed by atoms with Crippen LogP contribution >= 0.6 is 0 Å². The Kier molecular flexibility index (Phi) is 4.97. The number of anilines is 1. The quantitative estimate of drug-likeness (QED) is 0.873. The lowest BCUT2D eigenvalue weighted by atomic mass is 9.94.